The van der Waals surface area contributed by atoms with E-state index in [0.717, 1.165) is 26.7 Å². The molecule has 1 heterocycles. The molecule has 0 radical (unpaired) electrons. The van der Waals surface area contributed by atoms with E-state index in [1.165, 1.54) is 44.0 Å². The number of rotatable bonds is 6. The molecule has 6 heteroatoms. The van der Waals surface area contributed by atoms with Gasteiger partial charge in [-0.15, -0.1) is 0 Å². The minimum Gasteiger partial charge on any atom is -0.495 e. The smallest absolute Gasteiger partial charge is 0.248 e. The second-order valence-corrected chi connectivity index (χ2v) is 8.64. The summed E-state index contributed by atoms with van der Waals surface area (Å²) in [6.45, 7) is 3.34. The number of hydrogen-bond donors (Lipinski definition) is 1. The predicted molar refractivity (Wildman–Crippen MR) is 122 cm³/mol. The molecule has 28 heavy (non-hydrogen) atoms. The fourth-order valence-corrected chi connectivity index (χ4v) is 4.76. The molecule has 0 saturated carbocycles. The zero-order chi connectivity index (χ0) is 19.9. The predicted octanol–water partition coefficient (Wildman–Crippen LogP) is 5.86. The summed E-state index contributed by atoms with van der Waals surface area (Å²) in [4.78, 5) is 14.8. The van der Waals surface area contributed by atoms with Gasteiger partial charge in [0.05, 0.1) is 11.6 Å². The maximum Gasteiger partial charge on any atom is 0.248 e. The van der Waals surface area contributed by atoms with E-state index in [4.69, 9.17) is 4.74 Å². The quantitative estimate of drug-likeness (QED) is 0.498. The lowest BCUT2D eigenvalue weighted by molar-refractivity contribution is -0.111. The Morgan fingerprint density at radius 2 is 1.86 bits per heavy atom. The molecule has 3 rings (SSSR count). The van der Waals surface area contributed by atoms with Crippen LogP contribution in [0.5, 0.6) is 5.75 Å². The third-order valence-electron chi connectivity index (χ3n) is 4.73. The fourth-order valence-electron chi connectivity index (χ4n) is 3.34. The Morgan fingerprint density at radius 3 is 2.54 bits per heavy atom. The van der Waals surface area contributed by atoms with Gasteiger partial charge in [-0.3, -0.25) is 9.69 Å². The minimum absolute atomic E-state index is 0.179. The van der Waals surface area contributed by atoms with Crippen molar-refractivity contribution in [1.82, 2.24) is 4.90 Å². The molecule has 1 aliphatic heterocycles. The number of anilines is 1. The Balaban J connectivity index is 1.59. The van der Waals surface area contributed by atoms with Crippen LogP contribution in [0.15, 0.2) is 51.4 Å². The molecule has 0 atom stereocenters. The molecule has 2 aromatic carbocycles. The lowest BCUT2D eigenvalue weighted by Gasteiger charge is -2.26. The highest BCUT2D eigenvalue weighted by molar-refractivity contribution is 9.11. The molecule has 0 bridgehead atoms. The van der Waals surface area contributed by atoms with Crippen molar-refractivity contribution in [2.24, 2.45) is 0 Å². The maximum absolute atomic E-state index is 12.3. The van der Waals surface area contributed by atoms with Crippen molar-refractivity contribution in [3.8, 4) is 5.75 Å². The monoisotopic (exact) mass is 506 g/mol. The van der Waals surface area contributed by atoms with E-state index >= 15 is 0 Å². The van der Waals surface area contributed by atoms with Crippen LogP contribution in [0.2, 0.25) is 0 Å². The van der Waals surface area contributed by atoms with Crippen LogP contribution in [-0.2, 0) is 11.3 Å². The summed E-state index contributed by atoms with van der Waals surface area (Å²) in [5, 5.41) is 2.91. The van der Waals surface area contributed by atoms with Crippen molar-refractivity contribution >= 4 is 49.5 Å². The molecule has 0 aliphatic carbocycles. The maximum atomic E-state index is 12.3. The van der Waals surface area contributed by atoms with Gasteiger partial charge in [-0.2, -0.15) is 0 Å². The molecular formula is C22H24Br2N2O2. The summed E-state index contributed by atoms with van der Waals surface area (Å²) in [6.07, 6.45) is 7.18. The van der Waals surface area contributed by atoms with Gasteiger partial charge in [0.2, 0.25) is 5.91 Å². The number of carbonyl (C=O) groups is 1. The average molecular weight is 508 g/mol. The summed E-state index contributed by atoms with van der Waals surface area (Å²) >= 11 is 6.92. The Morgan fingerprint density at radius 1 is 1.14 bits per heavy atom. The summed E-state index contributed by atoms with van der Waals surface area (Å²) in [7, 11) is 1.61. The van der Waals surface area contributed by atoms with Crippen LogP contribution in [0.25, 0.3) is 6.08 Å². The molecular weight excluding hydrogens is 484 g/mol. The number of halogens is 2. The highest BCUT2D eigenvalue weighted by Gasteiger charge is 2.10. The van der Waals surface area contributed by atoms with E-state index in [9.17, 15) is 4.79 Å². The summed E-state index contributed by atoms with van der Waals surface area (Å²) < 4.78 is 7.14. The van der Waals surface area contributed by atoms with E-state index < -0.39 is 0 Å². The van der Waals surface area contributed by atoms with Crippen LogP contribution >= 0.6 is 31.9 Å². The first-order chi connectivity index (χ1) is 13.5. The molecule has 2 aromatic rings. The van der Waals surface area contributed by atoms with Crippen molar-refractivity contribution in [1.29, 1.82) is 0 Å². The Bertz CT molecular complexity index is 844. The first kappa shape index (κ1) is 21.1. The number of piperidine rings is 1. The summed E-state index contributed by atoms with van der Waals surface area (Å²) in [5.41, 5.74) is 2.88. The minimum atomic E-state index is -0.179. The van der Waals surface area contributed by atoms with Gasteiger partial charge in [-0.05, 0) is 77.8 Å². The highest BCUT2D eigenvalue weighted by Crippen LogP contribution is 2.33. The molecule has 0 unspecified atom stereocenters. The Labute approximate surface area is 183 Å². The van der Waals surface area contributed by atoms with Crippen molar-refractivity contribution in [2.75, 3.05) is 25.5 Å². The number of nitrogens with zero attached hydrogens (tertiary/aromatic N) is 1. The zero-order valence-corrected chi connectivity index (χ0v) is 19.1. The molecule has 1 N–H and O–H groups in total. The fraction of sp³-hybridized carbons (Fsp3) is 0.318. The molecule has 4 nitrogen and oxygen atoms in total. The van der Waals surface area contributed by atoms with Gasteiger partial charge in [0.1, 0.15) is 5.75 Å². The largest absolute Gasteiger partial charge is 0.495 e. The standard InChI is InChI=1S/C22H24Br2N2O2/c1-28-22-17(13-18(23)14-20(22)24)7-10-21(27)25-19-8-5-16(6-9-19)15-26-11-3-2-4-12-26/h5-10,13-14H,2-4,11-12,15H2,1H3,(H,25,27)/b10-7+. The molecule has 1 aliphatic rings. The number of nitrogens with one attached hydrogen (secondary N) is 1. The van der Waals surface area contributed by atoms with Crippen LogP contribution in [0.3, 0.4) is 0 Å². The normalized spacial score (nSPS) is 15.0. The lowest BCUT2D eigenvalue weighted by Crippen LogP contribution is -2.29. The van der Waals surface area contributed by atoms with Gasteiger partial charge < -0.3 is 10.1 Å². The zero-order valence-electron chi connectivity index (χ0n) is 15.9. The average Bonchev–Trinajstić information content (AvgIpc) is 2.68. The Kier molecular flexibility index (Phi) is 7.71. The van der Waals surface area contributed by atoms with Crippen LogP contribution in [-0.4, -0.2) is 31.0 Å². The van der Waals surface area contributed by atoms with Crippen LogP contribution in [0, 0.1) is 0 Å². The number of methoxy groups -OCH3 is 1. The molecule has 1 fully saturated rings. The second-order valence-electron chi connectivity index (χ2n) is 6.87. The number of carbonyl (C=O) groups excluding carboxylic acids is 1. The number of likely N-dealkylation sites (tertiary alicyclic amines) is 1. The van der Waals surface area contributed by atoms with Crippen LogP contribution in [0.1, 0.15) is 30.4 Å². The topological polar surface area (TPSA) is 41.6 Å². The lowest BCUT2D eigenvalue weighted by atomic mass is 10.1. The molecule has 0 spiro atoms. The number of benzene rings is 2. The third-order valence-corrected chi connectivity index (χ3v) is 5.78. The molecule has 148 valence electrons. The van der Waals surface area contributed by atoms with E-state index in [-0.39, 0.29) is 5.91 Å². The Hall–Kier alpha value is -1.63. The van der Waals surface area contributed by atoms with Crippen molar-refractivity contribution in [2.45, 2.75) is 25.8 Å². The van der Waals surface area contributed by atoms with Gasteiger partial charge in [0, 0.05) is 28.3 Å². The van der Waals surface area contributed by atoms with Crippen LogP contribution in [0.4, 0.5) is 5.69 Å². The van der Waals surface area contributed by atoms with Gasteiger partial charge in [0.25, 0.3) is 0 Å². The second kappa shape index (κ2) is 10.2. The highest BCUT2D eigenvalue weighted by atomic mass is 79.9. The first-order valence-electron chi connectivity index (χ1n) is 9.38. The number of hydrogen-bond acceptors (Lipinski definition) is 3. The van der Waals surface area contributed by atoms with Crippen molar-refractivity contribution < 1.29 is 9.53 Å². The van der Waals surface area contributed by atoms with Gasteiger partial charge >= 0.3 is 0 Å². The van der Waals surface area contributed by atoms with Gasteiger partial charge in [0.15, 0.2) is 0 Å². The molecule has 0 aromatic heterocycles. The summed E-state index contributed by atoms with van der Waals surface area (Å²) in [5.74, 6) is 0.510. The number of ether oxygens (including phenoxy) is 1. The molecule has 1 amide bonds. The van der Waals surface area contributed by atoms with E-state index in [1.807, 2.05) is 24.3 Å². The first-order valence-corrected chi connectivity index (χ1v) is 11.0. The summed E-state index contributed by atoms with van der Waals surface area (Å²) in [6, 6.07) is 11.9. The van der Waals surface area contributed by atoms with Gasteiger partial charge in [-0.1, -0.05) is 34.5 Å². The van der Waals surface area contributed by atoms with Crippen molar-refractivity contribution in [3.05, 3.63) is 62.5 Å². The van der Waals surface area contributed by atoms with Gasteiger partial charge in [-0.25, -0.2) is 0 Å². The molecule has 1 saturated heterocycles. The number of amides is 1. The SMILES string of the molecule is COc1c(Br)cc(Br)cc1/C=C/C(=O)Nc1ccc(CN2CCCCC2)cc1. The van der Waals surface area contributed by atoms with Crippen LogP contribution < -0.4 is 10.1 Å². The van der Waals surface area contributed by atoms with E-state index in [1.54, 1.807) is 13.2 Å². The van der Waals surface area contributed by atoms with E-state index in [0.29, 0.717) is 5.75 Å². The third kappa shape index (κ3) is 5.93. The van der Waals surface area contributed by atoms with E-state index in [2.05, 4.69) is 54.2 Å². The van der Waals surface area contributed by atoms with Crippen molar-refractivity contribution in [3.63, 3.8) is 0 Å².